The van der Waals surface area contributed by atoms with Crippen LogP contribution in [0.25, 0.3) is 0 Å². The Kier molecular flexibility index (Phi) is 15.1. The minimum Gasteiger partial charge on any atom is -0.365 e. The molecule has 0 amide bonds. The highest BCUT2D eigenvalue weighted by Crippen LogP contribution is 2.24. The van der Waals surface area contributed by atoms with Gasteiger partial charge in [0.25, 0.3) is 0 Å². The summed E-state index contributed by atoms with van der Waals surface area (Å²) in [6, 6.07) is 4.36. The molecule has 0 aromatic carbocycles. The van der Waals surface area contributed by atoms with E-state index < -0.39 is 0 Å². The summed E-state index contributed by atoms with van der Waals surface area (Å²) in [5, 5.41) is 0. The van der Waals surface area contributed by atoms with Gasteiger partial charge >= 0.3 is 0 Å². The lowest BCUT2D eigenvalue weighted by molar-refractivity contribution is 0.774. The Balaban J connectivity index is 0. The third kappa shape index (κ3) is 8.78. The Labute approximate surface area is 164 Å². The molecule has 0 fully saturated rings. The average Bonchev–Trinajstić information content (AvgIpc) is 3.28. The second kappa shape index (κ2) is 14.7. The van der Waals surface area contributed by atoms with Gasteiger partial charge < -0.3 is 9.97 Å². The van der Waals surface area contributed by atoms with Gasteiger partial charge in [-0.15, -0.1) is 0 Å². The number of rotatable bonds is 4. The summed E-state index contributed by atoms with van der Waals surface area (Å²) in [6.45, 7) is 25.8. The van der Waals surface area contributed by atoms with E-state index in [-0.39, 0.29) is 0 Å². The van der Waals surface area contributed by atoms with E-state index in [4.69, 9.17) is 0 Å². The van der Waals surface area contributed by atoms with Crippen molar-refractivity contribution in [2.75, 3.05) is 0 Å². The Morgan fingerprint density at radius 3 is 0.923 bits per heavy atom. The molecule has 26 heavy (non-hydrogen) atoms. The molecule has 2 nitrogen and oxygen atoms in total. The number of aromatic amines is 2. The van der Waals surface area contributed by atoms with Gasteiger partial charge in [-0.3, -0.25) is 0 Å². The lowest BCUT2D eigenvalue weighted by atomic mass is 9.98. The summed E-state index contributed by atoms with van der Waals surface area (Å²) in [5.74, 6) is 2.50. The van der Waals surface area contributed by atoms with Gasteiger partial charge in [-0.05, 0) is 46.9 Å². The Hall–Kier alpha value is -1.44. The molecule has 0 aliphatic carbocycles. The molecule has 2 heteroatoms. The monoisotopic (exact) mass is 362 g/mol. The lowest BCUT2D eigenvalue weighted by Crippen LogP contribution is -1.95. The molecule has 0 aliphatic heterocycles. The molecule has 0 saturated heterocycles. The summed E-state index contributed by atoms with van der Waals surface area (Å²) in [5.41, 5.74) is 5.69. The van der Waals surface area contributed by atoms with Gasteiger partial charge in [-0.1, -0.05) is 83.1 Å². The van der Waals surface area contributed by atoms with E-state index in [0.717, 1.165) is 0 Å². The van der Waals surface area contributed by atoms with Gasteiger partial charge in [-0.25, -0.2) is 0 Å². The first-order valence-corrected chi connectivity index (χ1v) is 10.6. The van der Waals surface area contributed by atoms with Crippen LogP contribution in [0.3, 0.4) is 0 Å². The van der Waals surface area contributed by atoms with E-state index in [0.29, 0.717) is 23.7 Å². The van der Waals surface area contributed by atoms with Gasteiger partial charge in [0.1, 0.15) is 0 Å². The van der Waals surface area contributed by atoms with Gasteiger partial charge in [0.2, 0.25) is 0 Å². The SMILES string of the molecule is CC.CC.CC(C)c1cc[nH]c1C(C)C.CC(C)c1cc[nH]c1C(C)C. The first-order valence-electron chi connectivity index (χ1n) is 10.6. The fourth-order valence-corrected chi connectivity index (χ4v) is 2.80. The van der Waals surface area contributed by atoms with Crippen LogP contribution in [-0.4, -0.2) is 9.97 Å². The second-order valence-electron chi connectivity index (χ2n) is 7.31. The minimum absolute atomic E-state index is 0.613. The van der Waals surface area contributed by atoms with Crippen LogP contribution < -0.4 is 0 Å². The topological polar surface area (TPSA) is 31.6 Å². The van der Waals surface area contributed by atoms with Crippen molar-refractivity contribution in [3.63, 3.8) is 0 Å². The van der Waals surface area contributed by atoms with E-state index in [1.165, 1.54) is 22.5 Å². The summed E-state index contributed by atoms with van der Waals surface area (Å²) in [6.07, 6.45) is 4.06. The normalized spacial score (nSPS) is 10.2. The number of nitrogens with one attached hydrogen (secondary N) is 2. The predicted molar refractivity (Wildman–Crippen MR) is 121 cm³/mol. The van der Waals surface area contributed by atoms with Crippen LogP contribution in [0.5, 0.6) is 0 Å². The van der Waals surface area contributed by atoms with E-state index in [1.54, 1.807) is 0 Å². The predicted octanol–water partition coefficient (Wildman–Crippen LogP) is 8.58. The molecule has 0 unspecified atom stereocenters. The van der Waals surface area contributed by atoms with Gasteiger partial charge in [-0.2, -0.15) is 0 Å². The van der Waals surface area contributed by atoms with Crippen LogP contribution in [0.2, 0.25) is 0 Å². The lowest BCUT2D eigenvalue weighted by Gasteiger charge is -2.09. The molecule has 2 aromatic heterocycles. The van der Waals surface area contributed by atoms with Gasteiger partial charge in [0.05, 0.1) is 0 Å². The minimum atomic E-state index is 0.613. The molecule has 0 aliphatic rings. The maximum Gasteiger partial charge on any atom is 0.0208 e. The average molecular weight is 363 g/mol. The quantitative estimate of drug-likeness (QED) is 0.545. The van der Waals surface area contributed by atoms with Crippen molar-refractivity contribution >= 4 is 0 Å². The highest BCUT2D eigenvalue weighted by molar-refractivity contribution is 5.26. The first kappa shape index (κ1) is 26.8. The highest BCUT2D eigenvalue weighted by atomic mass is 14.7. The number of H-pyrrole nitrogens is 2. The molecule has 0 bridgehead atoms. The van der Waals surface area contributed by atoms with Crippen molar-refractivity contribution in [1.29, 1.82) is 0 Å². The third-order valence-corrected chi connectivity index (χ3v) is 4.02. The van der Waals surface area contributed by atoms with Crippen LogP contribution >= 0.6 is 0 Å². The summed E-state index contributed by atoms with van der Waals surface area (Å²) < 4.78 is 0. The molecule has 0 radical (unpaired) electrons. The van der Waals surface area contributed by atoms with E-state index in [1.807, 2.05) is 40.1 Å². The fraction of sp³-hybridized carbons (Fsp3) is 0.667. The molecular weight excluding hydrogens is 316 g/mol. The zero-order valence-electron chi connectivity index (χ0n) is 19.6. The smallest absolute Gasteiger partial charge is 0.0208 e. The van der Waals surface area contributed by atoms with E-state index >= 15 is 0 Å². The van der Waals surface area contributed by atoms with Crippen molar-refractivity contribution in [3.8, 4) is 0 Å². The zero-order chi connectivity index (χ0) is 20.9. The Morgan fingerprint density at radius 2 is 0.769 bits per heavy atom. The van der Waals surface area contributed by atoms with Gasteiger partial charge in [0, 0.05) is 23.8 Å². The van der Waals surface area contributed by atoms with Crippen LogP contribution in [-0.2, 0) is 0 Å². The van der Waals surface area contributed by atoms with Crippen LogP contribution in [0.1, 0.15) is 129 Å². The standard InChI is InChI=1S/2C10H17N.2C2H6/c2*1-7(2)9-5-6-11-10(9)8(3)4;2*1-2/h2*5-8,11H,1-4H3;2*1-2H3. The largest absolute Gasteiger partial charge is 0.365 e. The molecule has 152 valence electrons. The number of aromatic nitrogens is 2. The molecule has 2 aromatic rings. The van der Waals surface area contributed by atoms with Crippen molar-refractivity contribution in [3.05, 3.63) is 47.0 Å². The first-order chi connectivity index (χ1) is 12.3. The van der Waals surface area contributed by atoms with Crippen molar-refractivity contribution < 1.29 is 0 Å². The van der Waals surface area contributed by atoms with E-state index in [2.05, 4.69) is 77.5 Å². The van der Waals surface area contributed by atoms with Crippen molar-refractivity contribution in [2.45, 2.75) is 107 Å². The van der Waals surface area contributed by atoms with Crippen molar-refractivity contribution in [1.82, 2.24) is 9.97 Å². The van der Waals surface area contributed by atoms with Gasteiger partial charge in [0.15, 0.2) is 0 Å². The van der Waals surface area contributed by atoms with Crippen molar-refractivity contribution in [2.24, 2.45) is 0 Å². The second-order valence-corrected chi connectivity index (χ2v) is 7.31. The van der Waals surface area contributed by atoms with Crippen LogP contribution in [0.15, 0.2) is 24.5 Å². The molecule has 0 saturated carbocycles. The summed E-state index contributed by atoms with van der Waals surface area (Å²) in [4.78, 5) is 6.57. The van der Waals surface area contributed by atoms with Crippen LogP contribution in [0.4, 0.5) is 0 Å². The Bertz CT molecular complexity index is 447. The summed E-state index contributed by atoms with van der Waals surface area (Å²) in [7, 11) is 0. The molecule has 2 heterocycles. The fourth-order valence-electron chi connectivity index (χ4n) is 2.80. The van der Waals surface area contributed by atoms with Crippen LogP contribution in [0, 0.1) is 0 Å². The summed E-state index contributed by atoms with van der Waals surface area (Å²) >= 11 is 0. The molecule has 0 spiro atoms. The third-order valence-electron chi connectivity index (χ3n) is 4.02. The molecule has 2 rings (SSSR count). The highest BCUT2D eigenvalue weighted by Gasteiger charge is 2.10. The number of hydrogen-bond acceptors (Lipinski definition) is 0. The molecule has 2 N–H and O–H groups in total. The van der Waals surface area contributed by atoms with E-state index in [9.17, 15) is 0 Å². The maximum absolute atomic E-state index is 3.29. The zero-order valence-corrected chi connectivity index (χ0v) is 19.6. The number of hydrogen-bond donors (Lipinski definition) is 2. The Morgan fingerprint density at radius 1 is 0.500 bits per heavy atom. The molecule has 0 atom stereocenters. The maximum atomic E-state index is 3.29. The molecular formula is C24H46N2.